The minimum Gasteiger partial charge on any atom is -1.00 e. The molecule has 1 atom stereocenters. The van der Waals surface area contributed by atoms with Crippen molar-refractivity contribution in [3.8, 4) is 0 Å². The molecule has 0 radical (unpaired) electrons. The number of aliphatic carboxylic acids is 1. The Bertz CT molecular complexity index is 153. The van der Waals surface area contributed by atoms with Crippen LogP contribution in [-0.4, -0.2) is 23.2 Å². The van der Waals surface area contributed by atoms with Crippen LogP contribution in [0.15, 0.2) is 0 Å². The third kappa shape index (κ3) is 3.44. The van der Waals surface area contributed by atoms with E-state index in [-0.39, 0.29) is 37.0 Å². The third-order valence-corrected chi connectivity index (χ3v) is 2.25. The number of carboxylic acid groups (broad SMARTS) is 1. The molecular weight excluding hydrogens is 165 g/mol. The molecule has 66 valence electrons. The molecule has 0 saturated heterocycles. The van der Waals surface area contributed by atoms with Crippen LogP contribution < -0.4 is 34.9 Å². The van der Waals surface area contributed by atoms with Crippen molar-refractivity contribution in [1.29, 1.82) is 0 Å². The minimum absolute atomic E-state index is 0. The summed E-state index contributed by atoms with van der Waals surface area (Å²) in [5, 5.41) is 11.8. The first-order chi connectivity index (χ1) is 5.24. The molecule has 1 rings (SSSR count). The molecule has 4 heteroatoms. The second-order valence-corrected chi connectivity index (χ2v) is 3.09. The van der Waals surface area contributed by atoms with Crippen LogP contribution >= 0.6 is 0 Å². The SMILES string of the molecule is CCC(NC1CCC1)C(=O)O.[H-].[Na+]. The quantitative estimate of drug-likeness (QED) is 0.498. The van der Waals surface area contributed by atoms with Gasteiger partial charge in [-0.25, -0.2) is 0 Å². The molecule has 0 heterocycles. The van der Waals surface area contributed by atoms with Crippen molar-refractivity contribution in [2.45, 2.75) is 44.7 Å². The number of hydrogen-bond donors (Lipinski definition) is 2. The topological polar surface area (TPSA) is 49.3 Å². The Hall–Kier alpha value is 0.430. The normalized spacial score (nSPS) is 19.1. The van der Waals surface area contributed by atoms with E-state index in [1.165, 1.54) is 6.42 Å². The molecule has 1 unspecified atom stereocenters. The first-order valence-electron chi connectivity index (χ1n) is 4.23. The predicted octanol–water partition coefficient (Wildman–Crippen LogP) is -1.89. The summed E-state index contributed by atoms with van der Waals surface area (Å²) in [6.45, 7) is 1.89. The Labute approximate surface area is 96.7 Å². The fraction of sp³-hybridized carbons (Fsp3) is 0.875. The van der Waals surface area contributed by atoms with Crippen LogP contribution in [0.2, 0.25) is 0 Å². The summed E-state index contributed by atoms with van der Waals surface area (Å²) in [5.74, 6) is -0.723. The van der Waals surface area contributed by atoms with E-state index in [1.54, 1.807) is 0 Å². The third-order valence-electron chi connectivity index (χ3n) is 2.25. The van der Waals surface area contributed by atoms with Crippen LogP contribution in [0, 0.1) is 0 Å². The van der Waals surface area contributed by atoms with Gasteiger partial charge < -0.3 is 11.8 Å². The van der Waals surface area contributed by atoms with E-state index in [0.29, 0.717) is 12.5 Å². The Kier molecular flexibility index (Phi) is 6.19. The summed E-state index contributed by atoms with van der Waals surface area (Å²) in [5.41, 5.74) is 0. The maximum atomic E-state index is 10.5. The van der Waals surface area contributed by atoms with Gasteiger partial charge in [0.05, 0.1) is 0 Å². The standard InChI is InChI=1S/C8H15NO2.Na.H/c1-2-7(8(10)11)9-6-4-3-5-6;;/h6-7,9H,2-5H2,1H3,(H,10,11);;/q;+1;-1. The number of carbonyl (C=O) groups is 1. The maximum Gasteiger partial charge on any atom is 1.00 e. The van der Waals surface area contributed by atoms with Crippen LogP contribution in [0.25, 0.3) is 0 Å². The van der Waals surface area contributed by atoms with Crippen LogP contribution in [0.4, 0.5) is 0 Å². The summed E-state index contributed by atoms with van der Waals surface area (Å²) in [6.07, 6.45) is 4.20. The fourth-order valence-electron chi connectivity index (χ4n) is 1.22. The molecular formula is C8H16NNaO2. The maximum absolute atomic E-state index is 10.5. The molecule has 1 fully saturated rings. The molecule has 1 aliphatic rings. The zero-order valence-electron chi connectivity index (χ0n) is 8.84. The fourth-order valence-corrected chi connectivity index (χ4v) is 1.22. The molecule has 1 saturated carbocycles. The number of nitrogens with one attached hydrogen (secondary N) is 1. The second-order valence-electron chi connectivity index (χ2n) is 3.09. The molecule has 0 aromatic carbocycles. The van der Waals surface area contributed by atoms with E-state index in [4.69, 9.17) is 5.11 Å². The predicted molar refractivity (Wildman–Crippen MR) is 43.6 cm³/mol. The van der Waals surface area contributed by atoms with E-state index in [2.05, 4.69) is 5.32 Å². The summed E-state index contributed by atoms with van der Waals surface area (Å²) in [7, 11) is 0. The minimum atomic E-state index is -0.723. The van der Waals surface area contributed by atoms with Crippen molar-refractivity contribution in [2.75, 3.05) is 0 Å². The molecule has 0 amide bonds. The van der Waals surface area contributed by atoms with Gasteiger partial charge in [0, 0.05) is 6.04 Å². The van der Waals surface area contributed by atoms with Crippen molar-refractivity contribution < 1.29 is 40.9 Å². The van der Waals surface area contributed by atoms with Gasteiger partial charge in [-0.15, -0.1) is 0 Å². The monoisotopic (exact) mass is 181 g/mol. The van der Waals surface area contributed by atoms with Crippen LogP contribution in [0.5, 0.6) is 0 Å². The first kappa shape index (κ1) is 12.4. The van der Waals surface area contributed by atoms with Gasteiger partial charge in [0.2, 0.25) is 0 Å². The van der Waals surface area contributed by atoms with Gasteiger partial charge in [0.15, 0.2) is 0 Å². The smallest absolute Gasteiger partial charge is 1.00 e. The van der Waals surface area contributed by atoms with E-state index in [1.807, 2.05) is 6.92 Å². The molecule has 3 nitrogen and oxygen atoms in total. The molecule has 0 aromatic heterocycles. The van der Waals surface area contributed by atoms with Crippen molar-refractivity contribution in [3.63, 3.8) is 0 Å². The van der Waals surface area contributed by atoms with Gasteiger partial charge in [0.1, 0.15) is 6.04 Å². The zero-order chi connectivity index (χ0) is 8.27. The van der Waals surface area contributed by atoms with Gasteiger partial charge in [-0.3, -0.25) is 4.79 Å². The van der Waals surface area contributed by atoms with E-state index in [0.717, 1.165) is 12.8 Å². The summed E-state index contributed by atoms with van der Waals surface area (Å²) >= 11 is 0. The summed E-state index contributed by atoms with van der Waals surface area (Å²) in [4.78, 5) is 10.5. The van der Waals surface area contributed by atoms with Crippen LogP contribution in [0.3, 0.4) is 0 Å². The Morgan fingerprint density at radius 1 is 1.75 bits per heavy atom. The first-order valence-corrected chi connectivity index (χ1v) is 4.23. The van der Waals surface area contributed by atoms with E-state index in [9.17, 15) is 4.79 Å². The van der Waals surface area contributed by atoms with Crippen molar-refractivity contribution in [3.05, 3.63) is 0 Å². The van der Waals surface area contributed by atoms with E-state index < -0.39 is 5.97 Å². The molecule has 0 aromatic rings. The molecule has 0 aliphatic heterocycles. The molecule has 2 N–H and O–H groups in total. The second kappa shape index (κ2) is 5.97. The molecule has 0 spiro atoms. The summed E-state index contributed by atoms with van der Waals surface area (Å²) in [6, 6.07) is 0.136. The number of carboxylic acids is 1. The Balaban J connectivity index is 0. The average molecular weight is 181 g/mol. The Morgan fingerprint density at radius 3 is 2.58 bits per heavy atom. The number of hydrogen-bond acceptors (Lipinski definition) is 2. The molecule has 12 heavy (non-hydrogen) atoms. The Morgan fingerprint density at radius 2 is 2.33 bits per heavy atom. The zero-order valence-corrected chi connectivity index (χ0v) is 9.84. The molecule has 0 bridgehead atoms. The van der Waals surface area contributed by atoms with Gasteiger partial charge in [-0.05, 0) is 19.3 Å². The van der Waals surface area contributed by atoms with E-state index >= 15 is 0 Å². The van der Waals surface area contributed by atoms with Gasteiger partial charge in [-0.2, -0.15) is 0 Å². The largest absolute Gasteiger partial charge is 1.00 e. The average Bonchev–Trinajstić information content (AvgIpc) is 1.85. The number of rotatable bonds is 4. The van der Waals surface area contributed by atoms with Crippen molar-refractivity contribution in [1.82, 2.24) is 5.32 Å². The summed E-state index contributed by atoms with van der Waals surface area (Å²) < 4.78 is 0. The molecule has 1 aliphatic carbocycles. The van der Waals surface area contributed by atoms with Gasteiger partial charge >= 0.3 is 35.5 Å². The van der Waals surface area contributed by atoms with Crippen LogP contribution in [0.1, 0.15) is 34.0 Å². The van der Waals surface area contributed by atoms with Gasteiger partial charge in [-0.1, -0.05) is 13.3 Å². The van der Waals surface area contributed by atoms with Crippen molar-refractivity contribution >= 4 is 5.97 Å². The van der Waals surface area contributed by atoms with Crippen LogP contribution in [-0.2, 0) is 4.79 Å². The van der Waals surface area contributed by atoms with Gasteiger partial charge in [0.25, 0.3) is 0 Å². The van der Waals surface area contributed by atoms with Crippen molar-refractivity contribution in [2.24, 2.45) is 0 Å².